The average Bonchev–Trinajstić information content (AvgIpc) is 2.50. The maximum Gasteiger partial charge on any atom is 0.198 e. The van der Waals surface area contributed by atoms with Crippen molar-refractivity contribution in [1.82, 2.24) is 0 Å². The third-order valence-corrected chi connectivity index (χ3v) is 2.29. The van der Waals surface area contributed by atoms with Crippen LogP contribution in [0.4, 0.5) is 0 Å². The number of furan rings is 1. The SMILES string of the molecule is CC(CC(=O)c1ccco1)CC(C)(C)C. The Bertz CT molecular complexity index is 304. The monoisotopic (exact) mass is 208 g/mol. The number of hydrogen-bond donors (Lipinski definition) is 0. The molecule has 2 nitrogen and oxygen atoms in total. The maximum atomic E-state index is 11.7. The van der Waals surface area contributed by atoms with Crippen LogP contribution >= 0.6 is 0 Å². The number of carbonyl (C=O) groups excluding carboxylic acids is 1. The molecule has 1 aromatic rings. The molecule has 0 N–H and O–H groups in total. The molecular formula is C13H20O2. The summed E-state index contributed by atoms with van der Waals surface area (Å²) in [5.41, 5.74) is 0.281. The first-order chi connectivity index (χ1) is 6.88. The molecule has 1 heterocycles. The highest BCUT2D eigenvalue weighted by Gasteiger charge is 2.19. The van der Waals surface area contributed by atoms with Crippen molar-refractivity contribution in [3.05, 3.63) is 24.2 Å². The maximum absolute atomic E-state index is 11.7. The minimum atomic E-state index is 0.108. The van der Waals surface area contributed by atoms with Crippen LogP contribution in [0.1, 0.15) is 51.1 Å². The Morgan fingerprint density at radius 1 is 1.47 bits per heavy atom. The van der Waals surface area contributed by atoms with Gasteiger partial charge in [-0.1, -0.05) is 27.7 Å². The van der Waals surface area contributed by atoms with Crippen LogP contribution in [0.5, 0.6) is 0 Å². The van der Waals surface area contributed by atoms with Gasteiger partial charge in [-0.05, 0) is 29.9 Å². The van der Waals surface area contributed by atoms with Crippen LogP contribution in [-0.4, -0.2) is 5.78 Å². The van der Waals surface area contributed by atoms with Gasteiger partial charge in [0.05, 0.1) is 6.26 Å². The number of carbonyl (C=O) groups is 1. The van der Waals surface area contributed by atoms with Gasteiger partial charge in [0.1, 0.15) is 0 Å². The summed E-state index contributed by atoms with van der Waals surface area (Å²) in [5.74, 6) is 0.995. The van der Waals surface area contributed by atoms with Crippen molar-refractivity contribution in [1.29, 1.82) is 0 Å². The highest BCUT2D eigenvalue weighted by Crippen LogP contribution is 2.26. The summed E-state index contributed by atoms with van der Waals surface area (Å²) in [5, 5.41) is 0. The molecular weight excluding hydrogens is 188 g/mol. The smallest absolute Gasteiger partial charge is 0.198 e. The van der Waals surface area contributed by atoms with Gasteiger partial charge < -0.3 is 4.42 Å². The van der Waals surface area contributed by atoms with Crippen LogP contribution in [0, 0.1) is 11.3 Å². The van der Waals surface area contributed by atoms with Gasteiger partial charge in [0.25, 0.3) is 0 Å². The van der Waals surface area contributed by atoms with E-state index in [1.165, 1.54) is 0 Å². The minimum absolute atomic E-state index is 0.108. The van der Waals surface area contributed by atoms with E-state index in [1.807, 2.05) is 0 Å². The third-order valence-electron chi connectivity index (χ3n) is 2.29. The molecule has 84 valence electrons. The van der Waals surface area contributed by atoms with E-state index in [-0.39, 0.29) is 11.2 Å². The van der Waals surface area contributed by atoms with Gasteiger partial charge >= 0.3 is 0 Å². The van der Waals surface area contributed by atoms with Crippen LogP contribution in [-0.2, 0) is 0 Å². The molecule has 0 aliphatic carbocycles. The second-order valence-electron chi connectivity index (χ2n) is 5.47. The van der Waals surface area contributed by atoms with E-state index < -0.39 is 0 Å². The Morgan fingerprint density at radius 2 is 2.13 bits per heavy atom. The molecule has 15 heavy (non-hydrogen) atoms. The second kappa shape index (κ2) is 4.65. The van der Waals surface area contributed by atoms with Crippen LogP contribution in [0.2, 0.25) is 0 Å². The first kappa shape index (κ1) is 12.0. The lowest BCUT2D eigenvalue weighted by atomic mass is 9.83. The van der Waals surface area contributed by atoms with E-state index in [4.69, 9.17) is 4.42 Å². The first-order valence-corrected chi connectivity index (χ1v) is 5.45. The van der Waals surface area contributed by atoms with Crippen molar-refractivity contribution in [2.45, 2.75) is 40.5 Å². The van der Waals surface area contributed by atoms with Crippen molar-refractivity contribution >= 4 is 5.78 Å². The molecule has 0 aromatic carbocycles. The molecule has 0 saturated carbocycles. The van der Waals surface area contributed by atoms with Gasteiger partial charge in [-0.25, -0.2) is 0 Å². The van der Waals surface area contributed by atoms with Gasteiger partial charge in [0.15, 0.2) is 11.5 Å². The highest BCUT2D eigenvalue weighted by atomic mass is 16.3. The van der Waals surface area contributed by atoms with E-state index in [0.717, 1.165) is 6.42 Å². The van der Waals surface area contributed by atoms with E-state index in [2.05, 4.69) is 27.7 Å². The zero-order chi connectivity index (χ0) is 11.5. The third kappa shape index (κ3) is 4.32. The van der Waals surface area contributed by atoms with E-state index in [9.17, 15) is 4.79 Å². The topological polar surface area (TPSA) is 30.2 Å². The highest BCUT2D eigenvalue weighted by molar-refractivity contribution is 5.93. The molecule has 0 spiro atoms. The van der Waals surface area contributed by atoms with E-state index in [1.54, 1.807) is 18.4 Å². The molecule has 1 atom stereocenters. The van der Waals surface area contributed by atoms with Crippen LogP contribution in [0.15, 0.2) is 22.8 Å². The first-order valence-electron chi connectivity index (χ1n) is 5.45. The summed E-state index contributed by atoms with van der Waals surface area (Å²) in [7, 11) is 0. The second-order valence-corrected chi connectivity index (χ2v) is 5.47. The fraction of sp³-hybridized carbons (Fsp3) is 0.615. The quantitative estimate of drug-likeness (QED) is 0.702. The summed E-state index contributed by atoms with van der Waals surface area (Å²) in [6, 6.07) is 3.48. The van der Waals surface area contributed by atoms with Gasteiger partial charge in [-0.15, -0.1) is 0 Å². The lowest BCUT2D eigenvalue weighted by molar-refractivity contribution is 0.0927. The molecule has 2 heteroatoms. The lowest BCUT2D eigenvalue weighted by Gasteiger charge is -2.22. The minimum Gasteiger partial charge on any atom is -0.461 e. The standard InChI is InChI=1S/C13H20O2/c1-10(9-13(2,3)4)8-11(14)12-6-5-7-15-12/h5-7,10H,8-9H2,1-4H3. The van der Waals surface area contributed by atoms with Gasteiger partial charge in [0.2, 0.25) is 0 Å². The Kier molecular flexibility index (Phi) is 3.72. The predicted molar refractivity (Wildman–Crippen MR) is 60.9 cm³/mol. The van der Waals surface area contributed by atoms with E-state index >= 15 is 0 Å². The van der Waals surface area contributed by atoms with Crippen molar-refractivity contribution in [3.63, 3.8) is 0 Å². The lowest BCUT2D eigenvalue weighted by Crippen LogP contribution is -2.14. The number of rotatable bonds is 4. The molecule has 0 fully saturated rings. The van der Waals surface area contributed by atoms with Crippen molar-refractivity contribution < 1.29 is 9.21 Å². The number of hydrogen-bond acceptors (Lipinski definition) is 2. The molecule has 0 aliphatic heterocycles. The molecule has 1 rings (SSSR count). The predicted octanol–water partition coefficient (Wildman–Crippen LogP) is 3.92. The normalized spacial score (nSPS) is 13.9. The van der Waals surface area contributed by atoms with Crippen LogP contribution in [0.25, 0.3) is 0 Å². The average molecular weight is 208 g/mol. The molecule has 0 aliphatic rings. The number of Topliss-reactive ketones (excluding diaryl/α,β-unsaturated/α-hetero) is 1. The summed E-state index contributed by atoms with van der Waals surface area (Å²) in [4.78, 5) is 11.7. The number of ketones is 1. The largest absolute Gasteiger partial charge is 0.461 e. The molecule has 1 unspecified atom stereocenters. The van der Waals surface area contributed by atoms with Crippen LogP contribution in [0.3, 0.4) is 0 Å². The zero-order valence-electron chi connectivity index (χ0n) is 10.0. The Morgan fingerprint density at radius 3 is 2.60 bits per heavy atom. The summed E-state index contributed by atoms with van der Waals surface area (Å²) in [6.45, 7) is 8.70. The van der Waals surface area contributed by atoms with Gasteiger partial charge in [-0.3, -0.25) is 4.79 Å². The summed E-state index contributed by atoms with van der Waals surface area (Å²) >= 11 is 0. The van der Waals surface area contributed by atoms with Crippen molar-refractivity contribution in [2.75, 3.05) is 0 Å². The van der Waals surface area contributed by atoms with Crippen molar-refractivity contribution in [3.8, 4) is 0 Å². The van der Waals surface area contributed by atoms with Crippen molar-refractivity contribution in [2.24, 2.45) is 11.3 Å². The Labute approximate surface area is 91.7 Å². The van der Waals surface area contributed by atoms with Crippen LogP contribution < -0.4 is 0 Å². The fourth-order valence-corrected chi connectivity index (χ4v) is 1.97. The molecule has 0 bridgehead atoms. The molecule has 1 aromatic heterocycles. The molecule has 0 amide bonds. The summed E-state index contributed by atoms with van der Waals surface area (Å²) < 4.78 is 5.08. The van der Waals surface area contributed by atoms with E-state index in [0.29, 0.717) is 18.1 Å². The molecule has 0 saturated heterocycles. The zero-order valence-corrected chi connectivity index (χ0v) is 10.0. The van der Waals surface area contributed by atoms with Gasteiger partial charge in [-0.2, -0.15) is 0 Å². The Balaban J connectivity index is 2.45. The fourth-order valence-electron chi connectivity index (χ4n) is 1.97. The van der Waals surface area contributed by atoms with Gasteiger partial charge in [0, 0.05) is 6.42 Å². The summed E-state index contributed by atoms with van der Waals surface area (Å²) in [6.07, 6.45) is 3.17. The molecule has 0 radical (unpaired) electrons. The Hall–Kier alpha value is -1.05.